The van der Waals surface area contributed by atoms with Crippen molar-refractivity contribution in [2.24, 2.45) is 0 Å². The van der Waals surface area contributed by atoms with Crippen LogP contribution in [0.5, 0.6) is 0 Å². The maximum atomic E-state index is 12.3. The van der Waals surface area contributed by atoms with Gasteiger partial charge in [0.15, 0.2) is 0 Å². The molecule has 3 nitrogen and oxygen atoms in total. The Bertz CT molecular complexity index is 495. The summed E-state index contributed by atoms with van der Waals surface area (Å²) in [7, 11) is 0. The van der Waals surface area contributed by atoms with E-state index in [2.05, 4.69) is 24.3 Å². The van der Waals surface area contributed by atoms with E-state index >= 15 is 0 Å². The lowest BCUT2D eigenvalue weighted by Gasteiger charge is -2.27. The summed E-state index contributed by atoms with van der Waals surface area (Å²) in [5.41, 5.74) is 1.98. The number of hydrogen-bond donors (Lipinski definition) is 0. The van der Waals surface area contributed by atoms with Crippen LogP contribution in [0.2, 0.25) is 0 Å². The summed E-state index contributed by atoms with van der Waals surface area (Å²) in [6.45, 7) is 5.68. The van der Waals surface area contributed by atoms with E-state index in [1.165, 1.54) is 11.1 Å². The molecule has 2 aliphatic heterocycles. The molecule has 0 fully saturated rings. The summed E-state index contributed by atoms with van der Waals surface area (Å²) in [6, 6.07) is 8.28. The van der Waals surface area contributed by atoms with E-state index in [1.807, 2.05) is 37.8 Å². The van der Waals surface area contributed by atoms with Crippen molar-refractivity contribution in [3.63, 3.8) is 0 Å². The molecule has 1 aromatic carbocycles. The van der Waals surface area contributed by atoms with Crippen LogP contribution in [0.4, 0.5) is 4.79 Å². The van der Waals surface area contributed by atoms with E-state index in [1.54, 1.807) is 0 Å². The third-order valence-corrected chi connectivity index (χ3v) is 3.31. The van der Waals surface area contributed by atoms with Gasteiger partial charge in [-0.05, 0) is 31.9 Å². The smallest absolute Gasteiger partial charge is 0.411 e. The standard InChI is InChI=1S/C15H17NO2/c1-15(2,3)18-14(17)16-12-8-9-13(16)11-7-5-4-6-10(11)12/h4-9,12-13H,1-3H3/t12-,13-/m1/s1. The van der Waals surface area contributed by atoms with E-state index in [-0.39, 0.29) is 18.2 Å². The molecule has 0 radical (unpaired) electrons. The molecule has 2 atom stereocenters. The zero-order chi connectivity index (χ0) is 12.9. The monoisotopic (exact) mass is 243 g/mol. The van der Waals surface area contributed by atoms with Crippen LogP contribution in [0, 0.1) is 0 Å². The molecule has 2 bridgehead atoms. The Morgan fingerprint density at radius 2 is 1.61 bits per heavy atom. The summed E-state index contributed by atoms with van der Waals surface area (Å²) in [5.74, 6) is 0. The second-order valence-corrected chi connectivity index (χ2v) is 5.79. The molecule has 1 amide bonds. The lowest BCUT2D eigenvalue weighted by Crippen LogP contribution is -2.35. The van der Waals surface area contributed by atoms with E-state index in [0.717, 1.165) is 0 Å². The maximum Gasteiger partial charge on any atom is 0.411 e. The zero-order valence-corrected chi connectivity index (χ0v) is 10.9. The quantitative estimate of drug-likeness (QED) is 0.652. The Morgan fingerprint density at radius 1 is 1.11 bits per heavy atom. The summed E-state index contributed by atoms with van der Waals surface area (Å²) >= 11 is 0. The van der Waals surface area contributed by atoms with E-state index in [9.17, 15) is 4.79 Å². The van der Waals surface area contributed by atoms with Crippen molar-refractivity contribution >= 4 is 6.09 Å². The van der Waals surface area contributed by atoms with Gasteiger partial charge in [-0.25, -0.2) is 4.79 Å². The number of carbonyl (C=O) groups excluding carboxylic acids is 1. The van der Waals surface area contributed by atoms with Crippen LogP contribution in [0.25, 0.3) is 0 Å². The first kappa shape index (κ1) is 11.3. The van der Waals surface area contributed by atoms with Crippen LogP contribution in [0.15, 0.2) is 36.4 Å². The van der Waals surface area contributed by atoms with E-state index in [0.29, 0.717) is 0 Å². The fourth-order valence-electron chi connectivity index (χ4n) is 2.67. The lowest BCUT2D eigenvalue weighted by molar-refractivity contribution is 0.0196. The molecule has 2 aliphatic rings. The first-order valence-electron chi connectivity index (χ1n) is 6.26. The fraction of sp³-hybridized carbons (Fsp3) is 0.400. The van der Waals surface area contributed by atoms with Crippen molar-refractivity contribution < 1.29 is 9.53 Å². The summed E-state index contributed by atoms with van der Waals surface area (Å²) < 4.78 is 5.48. The molecule has 0 saturated carbocycles. The van der Waals surface area contributed by atoms with Crippen LogP contribution in [-0.2, 0) is 4.74 Å². The molecule has 3 heteroatoms. The number of ether oxygens (including phenoxy) is 1. The van der Waals surface area contributed by atoms with Gasteiger partial charge in [-0.2, -0.15) is 0 Å². The van der Waals surface area contributed by atoms with Crippen molar-refractivity contribution in [1.82, 2.24) is 4.90 Å². The Balaban J connectivity index is 1.89. The van der Waals surface area contributed by atoms with Crippen molar-refractivity contribution in [3.8, 4) is 0 Å². The lowest BCUT2D eigenvalue weighted by atomic mass is 9.97. The highest BCUT2D eigenvalue weighted by atomic mass is 16.6. The van der Waals surface area contributed by atoms with Crippen molar-refractivity contribution in [2.75, 3.05) is 0 Å². The minimum absolute atomic E-state index is 0.0426. The first-order chi connectivity index (χ1) is 8.47. The highest BCUT2D eigenvalue weighted by molar-refractivity contribution is 5.73. The topological polar surface area (TPSA) is 29.5 Å². The third kappa shape index (κ3) is 1.62. The van der Waals surface area contributed by atoms with Crippen LogP contribution in [0.3, 0.4) is 0 Å². The van der Waals surface area contributed by atoms with Crippen LogP contribution >= 0.6 is 0 Å². The number of benzene rings is 1. The molecule has 0 unspecified atom stereocenters. The summed E-state index contributed by atoms with van der Waals surface area (Å²) in [4.78, 5) is 14.1. The third-order valence-electron chi connectivity index (χ3n) is 3.31. The Kier molecular flexibility index (Phi) is 2.27. The predicted molar refractivity (Wildman–Crippen MR) is 69.1 cm³/mol. The van der Waals surface area contributed by atoms with Gasteiger partial charge in [0.25, 0.3) is 0 Å². The number of fused-ring (bicyclic) bond motifs is 5. The molecule has 1 aromatic rings. The number of hydrogen-bond acceptors (Lipinski definition) is 2. The van der Waals surface area contributed by atoms with Crippen molar-refractivity contribution in [3.05, 3.63) is 47.5 Å². The van der Waals surface area contributed by atoms with Crippen LogP contribution in [0.1, 0.15) is 44.0 Å². The molecular weight excluding hydrogens is 226 g/mol. The molecule has 2 heterocycles. The van der Waals surface area contributed by atoms with Gasteiger partial charge in [-0.3, -0.25) is 4.90 Å². The average Bonchev–Trinajstić information content (AvgIpc) is 2.83. The molecule has 0 aromatic heterocycles. The van der Waals surface area contributed by atoms with Crippen molar-refractivity contribution in [1.29, 1.82) is 0 Å². The summed E-state index contributed by atoms with van der Waals surface area (Å²) in [5, 5.41) is 0. The summed E-state index contributed by atoms with van der Waals surface area (Å²) in [6.07, 6.45) is 3.92. The number of rotatable bonds is 0. The SMILES string of the molecule is CC(C)(C)OC(=O)N1[C@@H]2C=C[C@@H]1c1ccccc12. The molecule has 94 valence electrons. The number of carbonyl (C=O) groups is 1. The number of nitrogens with zero attached hydrogens (tertiary/aromatic N) is 1. The highest BCUT2D eigenvalue weighted by Crippen LogP contribution is 2.48. The van der Waals surface area contributed by atoms with Gasteiger partial charge in [-0.1, -0.05) is 36.4 Å². The average molecular weight is 243 g/mol. The van der Waals surface area contributed by atoms with E-state index in [4.69, 9.17) is 4.74 Å². The fourth-order valence-corrected chi connectivity index (χ4v) is 2.67. The Morgan fingerprint density at radius 3 is 2.06 bits per heavy atom. The second kappa shape index (κ2) is 3.61. The predicted octanol–water partition coefficient (Wildman–Crippen LogP) is 3.59. The highest BCUT2D eigenvalue weighted by Gasteiger charge is 2.44. The molecule has 18 heavy (non-hydrogen) atoms. The minimum atomic E-state index is -0.453. The van der Waals surface area contributed by atoms with E-state index < -0.39 is 5.60 Å². The van der Waals surface area contributed by atoms with Crippen LogP contribution in [-0.4, -0.2) is 16.6 Å². The molecular formula is C15H17NO2. The zero-order valence-electron chi connectivity index (χ0n) is 10.9. The minimum Gasteiger partial charge on any atom is -0.444 e. The Labute approximate surface area is 107 Å². The van der Waals surface area contributed by atoms with Gasteiger partial charge < -0.3 is 4.74 Å². The molecule has 0 N–H and O–H groups in total. The second-order valence-electron chi connectivity index (χ2n) is 5.79. The molecule has 3 rings (SSSR count). The largest absolute Gasteiger partial charge is 0.444 e. The van der Waals surface area contributed by atoms with Gasteiger partial charge in [0.1, 0.15) is 5.60 Å². The maximum absolute atomic E-state index is 12.3. The first-order valence-corrected chi connectivity index (χ1v) is 6.26. The number of amides is 1. The molecule has 0 aliphatic carbocycles. The molecule has 0 spiro atoms. The van der Waals surface area contributed by atoms with Gasteiger partial charge >= 0.3 is 6.09 Å². The van der Waals surface area contributed by atoms with Crippen LogP contribution < -0.4 is 0 Å². The van der Waals surface area contributed by atoms with Gasteiger partial charge in [0, 0.05) is 0 Å². The van der Waals surface area contributed by atoms with Gasteiger partial charge in [0.2, 0.25) is 0 Å². The molecule has 0 saturated heterocycles. The van der Waals surface area contributed by atoms with Crippen molar-refractivity contribution in [2.45, 2.75) is 38.5 Å². The van der Waals surface area contributed by atoms with Gasteiger partial charge in [0.05, 0.1) is 12.1 Å². The normalized spacial score (nSPS) is 24.3. The van der Waals surface area contributed by atoms with Gasteiger partial charge in [-0.15, -0.1) is 0 Å². The Hall–Kier alpha value is -1.77.